The lowest BCUT2D eigenvalue weighted by Crippen LogP contribution is -2.41. The molecule has 1 aromatic carbocycles. The minimum absolute atomic E-state index is 0.0949. The third-order valence-corrected chi connectivity index (χ3v) is 7.85. The number of rotatable bonds is 5. The summed E-state index contributed by atoms with van der Waals surface area (Å²) in [7, 11) is -3.27. The molecular weight excluding hydrogens is 458 g/mol. The van der Waals surface area contributed by atoms with E-state index >= 15 is 4.39 Å². The lowest BCUT2D eigenvalue weighted by Gasteiger charge is -2.32. The van der Waals surface area contributed by atoms with E-state index in [0.29, 0.717) is 11.3 Å². The fraction of sp³-hybridized carbons (Fsp3) is 0.391. The number of nitrogens with one attached hydrogen (secondary N) is 1. The van der Waals surface area contributed by atoms with Crippen LogP contribution in [0.2, 0.25) is 0 Å². The molecule has 1 N–H and O–H groups in total. The average molecular weight is 486 g/mol. The van der Waals surface area contributed by atoms with Crippen molar-refractivity contribution < 1.29 is 22.1 Å². The molecule has 1 aliphatic rings. The van der Waals surface area contributed by atoms with Gasteiger partial charge >= 0.3 is 7.12 Å². The van der Waals surface area contributed by atoms with E-state index in [4.69, 9.17) is 9.31 Å². The maximum Gasteiger partial charge on any atom is 0.497 e. The van der Waals surface area contributed by atoms with E-state index in [0.717, 1.165) is 5.69 Å². The van der Waals surface area contributed by atoms with E-state index in [1.807, 2.05) is 34.6 Å². The average Bonchev–Trinajstić information content (AvgIpc) is 3.12. The van der Waals surface area contributed by atoms with Crippen LogP contribution >= 0.6 is 0 Å². The maximum atomic E-state index is 16.0. The third-order valence-electron chi connectivity index (χ3n) is 6.55. The van der Waals surface area contributed by atoms with Crippen molar-refractivity contribution in [3.63, 3.8) is 0 Å². The van der Waals surface area contributed by atoms with Crippen LogP contribution in [-0.2, 0) is 26.4 Å². The summed E-state index contributed by atoms with van der Waals surface area (Å²) in [5, 5.41) is 4.25. The predicted octanol–water partition coefficient (Wildman–Crippen LogP) is 3.34. The largest absolute Gasteiger partial charge is 0.497 e. The van der Waals surface area contributed by atoms with Crippen LogP contribution in [0.4, 0.5) is 10.1 Å². The number of halogens is 1. The van der Waals surface area contributed by atoms with E-state index in [-0.39, 0.29) is 21.7 Å². The number of hydrogen-bond acceptors (Lipinski definition) is 6. The minimum Gasteiger partial charge on any atom is -0.399 e. The van der Waals surface area contributed by atoms with Crippen LogP contribution in [0.15, 0.2) is 41.6 Å². The lowest BCUT2D eigenvalue weighted by molar-refractivity contribution is 0.00578. The van der Waals surface area contributed by atoms with Gasteiger partial charge in [-0.2, -0.15) is 13.5 Å². The molecule has 0 radical (unpaired) electrons. The Morgan fingerprint density at radius 2 is 1.74 bits per heavy atom. The Bertz CT molecular complexity index is 1340. The quantitative estimate of drug-likeness (QED) is 0.556. The fourth-order valence-electron chi connectivity index (χ4n) is 3.91. The van der Waals surface area contributed by atoms with E-state index in [1.54, 1.807) is 30.8 Å². The molecule has 0 bridgehead atoms. The van der Waals surface area contributed by atoms with Crippen LogP contribution in [0, 0.1) is 19.7 Å². The summed E-state index contributed by atoms with van der Waals surface area (Å²) in [5.74, 6) is -0.557. The SMILES string of the molecule is Cc1nn(C)c(C)c1-c1cc(NS(=O)(=O)c2ccccn2)cc(B2OC(C)(C)C(C)(C)O2)c1F. The Morgan fingerprint density at radius 1 is 1.09 bits per heavy atom. The second-order valence-corrected chi connectivity index (χ2v) is 11.1. The molecule has 0 aliphatic carbocycles. The van der Waals surface area contributed by atoms with E-state index in [1.165, 1.54) is 24.4 Å². The zero-order chi connectivity index (χ0) is 25.1. The Labute approximate surface area is 199 Å². The summed E-state index contributed by atoms with van der Waals surface area (Å²) in [6.45, 7) is 11.1. The Hall–Kier alpha value is -2.76. The molecule has 11 heteroatoms. The number of pyridine rings is 1. The first-order valence-corrected chi connectivity index (χ1v) is 12.4. The third kappa shape index (κ3) is 4.12. The Balaban J connectivity index is 1.88. The number of aromatic nitrogens is 3. The normalized spacial score (nSPS) is 17.2. The van der Waals surface area contributed by atoms with Gasteiger partial charge in [-0.1, -0.05) is 6.07 Å². The minimum atomic E-state index is -4.01. The van der Waals surface area contributed by atoms with Gasteiger partial charge in [-0.25, -0.2) is 9.37 Å². The number of nitrogens with zero attached hydrogens (tertiary/aromatic N) is 3. The molecule has 3 heterocycles. The zero-order valence-electron chi connectivity index (χ0n) is 20.3. The summed E-state index contributed by atoms with van der Waals surface area (Å²) in [5.41, 5.74) is 0.990. The van der Waals surface area contributed by atoms with Gasteiger partial charge in [0.1, 0.15) is 5.82 Å². The van der Waals surface area contributed by atoms with Crippen molar-refractivity contribution in [1.82, 2.24) is 14.8 Å². The molecule has 1 saturated heterocycles. The first-order valence-electron chi connectivity index (χ1n) is 10.9. The predicted molar refractivity (Wildman–Crippen MR) is 129 cm³/mol. The lowest BCUT2D eigenvalue weighted by atomic mass is 9.76. The molecule has 0 amide bonds. The number of sulfonamides is 1. The van der Waals surface area contributed by atoms with Gasteiger partial charge in [0.2, 0.25) is 0 Å². The van der Waals surface area contributed by atoms with Crippen molar-refractivity contribution in [1.29, 1.82) is 0 Å². The molecule has 4 rings (SSSR count). The smallest absolute Gasteiger partial charge is 0.399 e. The topological polar surface area (TPSA) is 95.3 Å². The molecule has 8 nitrogen and oxygen atoms in total. The summed E-state index contributed by atoms with van der Waals surface area (Å²) < 4.78 is 58.3. The molecule has 0 saturated carbocycles. The monoisotopic (exact) mass is 486 g/mol. The van der Waals surface area contributed by atoms with Gasteiger partial charge in [-0.3, -0.25) is 9.40 Å². The number of anilines is 1. The summed E-state index contributed by atoms with van der Waals surface area (Å²) in [6.07, 6.45) is 1.39. The van der Waals surface area contributed by atoms with E-state index in [2.05, 4.69) is 14.8 Å². The number of aryl methyl sites for hydroxylation is 2. The maximum absolute atomic E-state index is 16.0. The van der Waals surface area contributed by atoms with Crippen molar-refractivity contribution in [3.8, 4) is 11.1 Å². The van der Waals surface area contributed by atoms with Gasteiger partial charge in [-0.05, 0) is 65.8 Å². The summed E-state index contributed by atoms with van der Waals surface area (Å²) in [6, 6.07) is 7.45. The fourth-order valence-corrected chi connectivity index (χ4v) is 4.90. The van der Waals surface area contributed by atoms with Gasteiger partial charge in [0.05, 0.1) is 16.9 Å². The Kier molecular flexibility index (Phi) is 5.86. The highest BCUT2D eigenvalue weighted by Gasteiger charge is 2.52. The molecule has 34 heavy (non-hydrogen) atoms. The second-order valence-electron chi connectivity index (χ2n) is 9.46. The van der Waals surface area contributed by atoms with Crippen LogP contribution in [0.1, 0.15) is 39.1 Å². The first-order chi connectivity index (χ1) is 15.7. The van der Waals surface area contributed by atoms with Crippen molar-refractivity contribution in [2.75, 3.05) is 4.72 Å². The highest BCUT2D eigenvalue weighted by atomic mass is 32.2. The van der Waals surface area contributed by atoms with Crippen LogP contribution in [0.5, 0.6) is 0 Å². The van der Waals surface area contributed by atoms with Crippen molar-refractivity contribution >= 4 is 28.3 Å². The van der Waals surface area contributed by atoms with Gasteiger partial charge in [-0.15, -0.1) is 0 Å². The molecule has 0 atom stereocenters. The first kappa shape index (κ1) is 24.4. The van der Waals surface area contributed by atoms with Gasteiger partial charge in [0.25, 0.3) is 10.0 Å². The molecule has 0 unspecified atom stereocenters. The molecule has 0 spiro atoms. The molecule has 1 fully saturated rings. The van der Waals surface area contributed by atoms with Crippen LogP contribution in [0.25, 0.3) is 11.1 Å². The Morgan fingerprint density at radius 3 is 2.26 bits per heavy atom. The van der Waals surface area contributed by atoms with Crippen molar-refractivity contribution in [2.45, 2.75) is 57.8 Å². The molecule has 1 aliphatic heterocycles. The van der Waals surface area contributed by atoms with Crippen LogP contribution in [-0.4, -0.2) is 41.5 Å². The molecule has 2 aromatic heterocycles. The van der Waals surface area contributed by atoms with Crippen molar-refractivity contribution in [2.24, 2.45) is 7.05 Å². The van der Waals surface area contributed by atoms with Gasteiger partial charge < -0.3 is 9.31 Å². The van der Waals surface area contributed by atoms with Crippen LogP contribution < -0.4 is 10.2 Å². The summed E-state index contributed by atoms with van der Waals surface area (Å²) in [4.78, 5) is 3.93. The molecule has 180 valence electrons. The standard InChI is InChI=1S/C23H28BFN4O4S/c1-14-20(15(2)29(7)27-14)17-12-16(28-34(30,31)19-10-8-9-11-26-19)13-18(21(17)25)24-32-22(3,4)23(5,6)33-24/h8-13,28H,1-7H3. The number of benzene rings is 1. The summed E-state index contributed by atoms with van der Waals surface area (Å²) >= 11 is 0. The van der Waals surface area contributed by atoms with Gasteiger partial charge in [0.15, 0.2) is 5.03 Å². The highest BCUT2D eigenvalue weighted by Crippen LogP contribution is 2.38. The zero-order valence-corrected chi connectivity index (χ0v) is 21.1. The highest BCUT2D eigenvalue weighted by molar-refractivity contribution is 7.92. The second kappa shape index (κ2) is 8.18. The number of hydrogen-bond donors (Lipinski definition) is 1. The van der Waals surface area contributed by atoms with Crippen molar-refractivity contribution in [3.05, 3.63) is 53.7 Å². The molecular formula is C23H28BFN4O4S. The van der Waals surface area contributed by atoms with Gasteiger partial charge in [0, 0.05) is 41.2 Å². The van der Waals surface area contributed by atoms with E-state index < -0.39 is 34.2 Å². The molecule has 3 aromatic rings. The van der Waals surface area contributed by atoms with Crippen LogP contribution in [0.3, 0.4) is 0 Å². The van der Waals surface area contributed by atoms with E-state index in [9.17, 15) is 8.42 Å².